The number of ketones is 1. The normalized spacial score (nSPS) is 19.2. The number of Topliss-reactive ketones (excluding diaryl/α,β-unsaturated/α-hetero) is 1. The van der Waals surface area contributed by atoms with Crippen LogP contribution in [0.1, 0.15) is 36.4 Å². The fourth-order valence-electron chi connectivity index (χ4n) is 3.53. The Morgan fingerprint density at radius 1 is 1.11 bits per heavy atom. The van der Waals surface area contributed by atoms with Gasteiger partial charge in [-0.05, 0) is 48.8 Å². The van der Waals surface area contributed by atoms with Crippen LogP contribution in [0.25, 0.3) is 0 Å². The molecule has 1 atom stereocenters. The molecule has 0 spiro atoms. The van der Waals surface area contributed by atoms with E-state index in [9.17, 15) is 4.79 Å². The van der Waals surface area contributed by atoms with E-state index >= 15 is 0 Å². The Labute approximate surface area is 172 Å². The van der Waals surface area contributed by atoms with Gasteiger partial charge in [-0.25, -0.2) is 0 Å². The fraction of sp³-hybridized carbons (Fsp3) is 0.238. The highest BCUT2D eigenvalue weighted by Gasteiger charge is 2.34. The summed E-state index contributed by atoms with van der Waals surface area (Å²) in [5.74, 6) is 0.930. The number of halogens is 1. The third kappa shape index (κ3) is 3.92. The molecule has 0 radical (unpaired) electrons. The summed E-state index contributed by atoms with van der Waals surface area (Å²) >= 11 is 8.82. The Hall–Kier alpha value is -2.18. The molecule has 2 aliphatic rings. The predicted octanol–water partition coefficient (Wildman–Crippen LogP) is 4.55. The van der Waals surface area contributed by atoms with Gasteiger partial charge in [0.05, 0.1) is 6.04 Å². The van der Waals surface area contributed by atoms with E-state index in [-0.39, 0.29) is 11.8 Å². The molecule has 1 heterocycles. The van der Waals surface area contributed by atoms with Crippen LogP contribution in [0.2, 0.25) is 0 Å². The summed E-state index contributed by atoms with van der Waals surface area (Å²) in [7, 11) is 0. The second kappa shape index (κ2) is 7.82. The summed E-state index contributed by atoms with van der Waals surface area (Å²) in [5.41, 5.74) is 3.74. The molecule has 0 amide bonds. The second-order valence-electron chi connectivity index (χ2n) is 6.65. The van der Waals surface area contributed by atoms with Gasteiger partial charge in [0, 0.05) is 27.7 Å². The van der Waals surface area contributed by atoms with Gasteiger partial charge in [0.15, 0.2) is 10.9 Å². The molecule has 2 aromatic rings. The molecule has 2 aromatic carbocycles. The average Bonchev–Trinajstić information content (AvgIpc) is 2.67. The number of carbonyl (C=O) groups excluding carboxylic acids is 1. The number of carbonyl (C=O) groups is 1. The largest absolute Gasteiger partial charge is 0.489 e. The van der Waals surface area contributed by atoms with Gasteiger partial charge < -0.3 is 15.4 Å². The highest BCUT2D eigenvalue weighted by atomic mass is 79.9. The molecule has 1 aliphatic carbocycles. The number of hydrogen-bond donors (Lipinski definition) is 2. The first kappa shape index (κ1) is 18.2. The van der Waals surface area contributed by atoms with E-state index in [2.05, 4.69) is 26.6 Å². The molecule has 2 N–H and O–H groups in total. The molecule has 6 heteroatoms. The van der Waals surface area contributed by atoms with Crippen LogP contribution >= 0.6 is 28.1 Å². The molecule has 0 saturated carbocycles. The Balaban J connectivity index is 1.64. The van der Waals surface area contributed by atoms with Crippen molar-refractivity contribution in [1.82, 2.24) is 10.6 Å². The summed E-state index contributed by atoms with van der Waals surface area (Å²) in [6.45, 7) is 0.458. The number of allylic oxidation sites excluding steroid dienone is 1. The van der Waals surface area contributed by atoms with Crippen molar-refractivity contribution in [3.8, 4) is 5.75 Å². The molecule has 27 heavy (non-hydrogen) atoms. The van der Waals surface area contributed by atoms with Crippen LogP contribution < -0.4 is 15.4 Å². The summed E-state index contributed by atoms with van der Waals surface area (Å²) in [6.07, 6.45) is 2.29. The van der Waals surface area contributed by atoms with E-state index < -0.39 is 0 Å². The molecule has 0 bridgehead atoms. The van der Waals surface area contributed by atoms with Gasteiger partial charge in [-0.15, -0.1) is 0 Å². The summed E-state index contributed by atoms with van der Waals surface area (Å²) in [5, 5.41) is 6.98. The molecule has 138 valence electrons. The van der Waals surface area contributed by atoms with Gasteiger partial charge in [-0.3, -0.25) is 4.79 Å². The highest BCUT2D eigenvalue weighted by Crippen LogP contribution is 2.37. The molecule has 1 unspecified atom stereocenters. The van der Waals surface area contributed by atoms with Crippen molar-refractivity contribution in [1.29, 1.82) is 0 Å². The van der Waals surface area contributed by atoms with E-state index in [1.54, 1.807) is 0 Å². The fourth-order valence-corrected chi connectivity index (χ4v) is 4.04. The van der Waals surface area contributed by atoms with Crippen molar-refractivity contribution in [2.45, 2.75) is 31.9 Å². The number of rotatable bonds is 4. The van der Waals surface area contributed by atoms with Gasteiger partial charge in [-0.1, -0.05) is 46.3 Å². The number of ether oxygens (including phenoxy) is 1. The van der Waals surface area contributed by atoms with Crippen molar-refractivity contribution in [3.05, 3.63) is 75.4 Å². The van der Waals surface area contributed by atoms with Crippen LogP contribution in [0.5, 0.6) is 5.75 Å². The minimum absolute atomic E-state index is 0.173. The van der Waals surface area contributed by atoms with Gasteiger partial charge in [0.25, 0.3) is 0 Å². The number of thiocarbonyl (C=S) groups is 1. The average molecular weight is 443 g/mol. The van der Waals surface area contributed by atoms with E-state index in [1.165, 1.54) is 0 Å². The maximum Gasteiger partial charge on any atom is 0.171 e. The lowest BCUT2D eigenvalue weighted by atomic mass is 9.85. The Kier molecular flexibility index (Phi) is 5.27. The monoisotopic (exact) mass is 442 g/mol. The molecule has 0 aromatic heterocycles. The molecular weight excluding hydrogens is 424 g/mol. The number of benzene rings is 2. The van der Waals surface area contributed by atoms with Crippen LogP contribution in [-0.4, -0.2) is 10.9 Å². The van der Waals surface area contributed by atoms with Crippen molar-refractivity contribution >= 4 is 39.0 Å². The molecular formula is C21H19BrN2O2S. The lowest BCUT2D eigenvalue weighted by molar-refractivity contribution is -0.116. The predicted molar refractivity (Wildman–Crippen MR) is 112 cm³/mol. The molecule has 1 aliphatic heterocycles. The quantitative estimate of drug-likeness (QED) is 0.679. The first-order valence-corrected chi connectivity index (χ1v) is 10.1. The minimum atomic E-state index is -0.275. The van der Waals surface area contributed by atoms with Gasteiger partial charge in [-0.2, -0.15) is 0 Å². The molecule has 4 rings (SSSR count). The van der Waals surface area contributed by atoms with Crippen LogP contribution in [-0.2, 0) is 11.4 Å². The van der Waals surface area contributed by atoms with Gasteiger partial charge in [0.1, 0.15) is 12.4 Å². The van der Waals surface area contributed by atoms with Crippen molar-refractivity contribution < 1.29 is 9.53 Å². The SMILES string of the molecule is O=C1CCCC2=C1C(c1ccccc1OCc1ccc(Br)cc1)NC(=S)N2. The minimum Gasteiger partial charge on any atom is -0.489 e. The molecule has 0 saturated heterocycles. The second-order valence-corrected chi connectivity index (χ2v) is 7.98. The number of nitrogens with one attached hydrogen (secondary N) is 2. The van der Waals surface area contributed by atoms with Crippen LogP contribution in [0.15, 0.2) is 64.3 Å². The Bertz CT molecular complexity index is 924. The van der Waals surface area contributed by atoms with E-state index in [0.717, 1.165) is 45.5 Å². The maximum absolute atomic E-state index is 12.6. The van der Waals surface area contributed by atoms with E-state index in [0.29, 0.717) is 18.1 Å². The van der Waals surface area contributed by atoms with Crippen molar-refractivity contribution in [3.63, 3.8) is 0 Å². The van der Waals surface area contributed by atoms with Gasteiger partial charge in [0.2, 0.25) is 0 Å². The summed E-state index contributed by atoms with van der Waals surface area (Å²) in [6, 6.07) is 15.6. The van der Waals surface area contributed by atoms with Crippen LogP contribution in [0.4, 0.5) is 0 Å². The lowest BCUT2D eigenvalue weighted by Gasteiger charge is -2.34. The zero-order valence-electron chi connectivity index (χ0n) is 14.6. The first-order chi connectivity index (χ1) is 13.1. The van der Waals surface area contributed by atoms with Crippen molar-refractivity contribution in [2.75, 3.05) is 0 Å². The zero-order valence-corrected chi connectivity index (χ0v) is 17.0. The van der Waals surface area contributed by atoms with E-state index in [1.807, 2.05) is 48.5 Å². The first-order valence-electron chi connectivity index (χ1n) is 8.92. The molecule has 4 nitrogen and oxygen atoms in total. The van der Waals surface area contributed by atoms with Crippen LogP contribution in [0.3, 0.4) is 0 Å². The summed E-state index contributed by atoms with van der Waals surface area (Å²) < 4.78 is 7.15. The number of para-hydroxylation sites is 1. The smallest absolute Gasteiger partial charge is 0.171 e. The topological polar surface area (TPSA) is 50.4 Å². The highest BCUT2D eigenvalue weighted by molar-refractivity contribution is 9.10. The summed E-state index contributed by atoms with van der Waals surface area (Å²) in [4.78, 5) is 12.6. The lowest BCUT2D eigenvalue weighted by Crippen LogP contribution is -2.46. The zero-order chi connectivity index (χ0) is 18.8. The molecule has 0 fully saturated rings. The van der Waals surface area contributed by atoms with E-state index in [4.69, 9.17) is 17.0 Å². The van der Waals surface area contributed by atoms with Gasteiger partial charge >= 0.3 is 0 Å². The third-order valence-electron chi connectivity index (χ3n) is 4.82. The maximum atomic E-state index is 12.6. The van der Waals surface area contributed by atoms with Crippen molar-refractivity contribution in [2.24, 2.45) is 0 Å². The third-order valence-corrected chi connectivity index (χ3v) is 5.57. The Morgan fingerprint density at radius 2 is 1.89 bits per heavy atom. The standard InChI is InChI=1S/C21H19BrN2O2S/c22-14-10-8-13(9-11-14)12-26-18-7-2-1-4-15(18)20-19-16(23-21(27)24-20)5-3-6-17(19)25/h1-2,4,7-11,20H,3,5-6,12H2,(H2,23,24,27). The van der Waals surface area contributed by atoms with Crippen LogP contribution in [0, 0.1) is 0 Å². The Morgan fingerprint density at radius 3 is 2.70 bits per heavy atom. The number of hydrogen-bond acceptors (Lipinski definition) is 3.